The van der Waals surface area contributed by atoms with E-state index in [1.54, 1.807) is 0 Å². The minimum atomic E-state index is -4.70. The average molecular weight is 391 g/mol. The number of halogens is 1. The Morgan fingerprint density at radius 1 is 1.04 bits per heavy atom. The fraction of sp³-hybridized carbons (Fsp3) is 0.0714. The molecule has 128 valence electrons. The Morgan fingerprint density at radius 3 is 2.12 bits per heavy atom. The highest BCUT2D eigenvalue weighted by molar-refractivity contribution is 8.66. The van der Waals surface area contributed by atoms with Crippen molar-refractivity contribution in [2.24, 2.45) is 0 Å². The van der Waals surface area contributed by atoms with E-state index in [2.05, 4.69) is 0 Å². The predicted octanol–water partition coefficient (Wildman–Crippen LogP) is 2.56. The van der Waals surface area contributed by atoms with Crippen LogP contribution >= 0.6 is 11.6 Å². The molecule has 10 heteroatoms. The summed E-state index contributed by atoms with van der Waals surface area (Å²) in [5.41, 5.74) is 0.0161. The molecule has 0 heterocycles. The highest BCUT2D eigenvalue weighted by atomic mass is 35.5. The van der Waals surface area contributed by atoms with Crippen molar-refractivity contribution in [1.82, 2.24) is 0 Å². The molecule has 0 aromatic heterocycles. The van der Waals surface area contributed by atoms with Crippen LogP contribution < -0.4 is 4.74 Å². The molecule has 0 aliphatic heterocycles. The van der Waals surface area contributed by atoms with Gasteiger partial charge in [0.1, 0.15) is 16.4 Å². The molecule has 0 amide bonds. The number of carbonyl (C=O) groups is 1. The quantitative estimate of drug-likeness (QED) is 0.780. The van der Waals surface area contributed by atoms with E-state index in [0.29, 0.717) is 6.26 Å². The molecule has 24 heavy (non-hydrogen) atoms. The zero-order valence-electron chi connectivity index (χ0n) is 12.1. The van der Waals surface area contributed by atoms with E-state index in [4.69, 9.17) is 21.4 Å². The van der Waals surface area contributed by atoms with Crippen molar-refractivity contribution < 1.29 is 31.5 Å². The minimum absolute atomic E-state index is 0.0161. The van der Waals surface area contributed by atoms with Crippen LogP contribution in [0.4, 0.5) is 0 Å². The molecule has 7 nitrogen and oxygen atoms in total. The number of benzene rings is 2. The van der Waals surface area contributed by atoms with Crippen LogP contribution in [0.3, 0.4) is 0 Å². The van der Waals surface area contributed by atoms with Gasteiger partial charge in [-0.25, -0.2) is 21.6 Å². The van der Waals surface area contributed by atoms with E-state index in [-0.39, 0.29) is 22.1 Å². The molecule has 0 atom stereocenters. The van der Waals surface area contributed by atoms with Crippen LogP contribution in [0.5, 0.6) is 11.5 Å². The number of carboxylic acid groups (broad SMARTS) is 1. The number of ether oxygens (including phenoxy) is 1. The molecule has 0 fully saturated rings. The lowest BCUT2D eigenvalue weighted by atomic mass is 10.2. The number of hydrogen-bond acceptors (Lipinski definition) is 6. The lowest BCUT2D eigenvalue weighted by Crippen LogP contribution is -2.14. The molecule has 0 spiro atoms. The molecule has 0 saturated heterocycles. The highest BCUT2D eigenvalue weighted by Crippen LogP contribution is 2.33. The monoisotopic (exact) mass is 390 g/mol. The SMILES string of the molecule is CS(=O)(=O)S(=O)(=O)c1cc(Cl)ccc1Oc1ccc(C(=O)O)cc1. The molecule has 1 N–H and O–H groups in total. The van der Waals surface area contributed by atoms with Crippen LogP contribution in [0, 0.1) is 0 Å². The van der Waals surface area contributed by atoms with Crippen molar-refractivity contribution in [2.75, 3.05) is 6.26 Å². The summed E-state index contributed by atoms with van der Waals surface area (Å²) in [4.78, 5) is 10.2. The van der Waals surface area contributed by atoms with Gasteiger partial charge in [-0.3, -0.25) is 0 Å². The average Bonchev–Trinajstić information content (AvgIpc) is 2.48. The molecule has 2 rings (SSSR count). The predicted molar refractivity (Wildman–Crippen MR) is 87.0 cm³/mol. The molecular weight excluding hydrogens is 380 g/mol. The molecule has 0 radical (unpaired) electrons. The van der Waals surface area contributed by atoms with E-state index in [1.807, 2.05) is 0 Å². The molecular formula is C14H11ClO7S2. The molecule has 0 saturated carbocycles. The van der Waals surface area contributed by atoms with Gasteiger partial charge in [0.05, 0.1) is 11.8 Å². The highest BCUT2D eigenvalue weighted by Gasteiger charge is 2.31. The first kappa shape index (κ1) is 18.2. The Kier molecular flexibility index (Phi) is 4.88. The van der Waals surface area contributed by atoms with E-state index in [1.165, 1.54) is 36.4 Å². The smallest absolute Gasteiger partial charge is 0.335 e. The van der Waals surface area contributed by atoms with Crippen LogP contribution in [0.2, 0.25) is 5.02 Å². The third-order valence-electron chi connectivity index (χ3n) is 2.90. The summed E-state index contributed by atoms with van der Waals surface area (Å²) >= 11 is 5.75. The first-order chi connectivity index (χ1) is 11.0. The summed E-state index contributed by atoms with van der Waals surface area (Å²) in [7, 11) is -9.15. The lowest BCUT2D eigenvalue weighted by Gasteiger charge is -2.11. The van der Waals surface area contributed by atoms with E-state index in [0.717, 1.165) is 6.07 Å². The van der Waals surface area contributed by atoms with Crippen LogP contribution in [0.15, 0.2) is 47.4 Å². The van der Waals surface area contributed by atoms with Gasteiger partial charge in [0.2, 0.25) is 0 Å². The third kappa shape index (κ3) is 3.69. The van der Waals surface area contributed by atoms with Gasteiger partial charge < -0.3 is 9.84 Å². The lowest BCUT2D eigenvalue weighted by molar-refractivity contribution is 0.0697. The van der Waals surface area contributed by atoms with Crippen molar-refractivity contribution in [3.05, 3.63) is 53.1 Å². The van der Waals surface area contributed by atoms with Gasteiger partial charge in [-0.2, -0.15) is 0 Å². The molecule has 2 aromatic carbocycles. The number of rotatable bonds is 5. The zero-order chi connectivity index (χ0) is 18.1. The van der Waals surface area contributed by atoms with Crippen LogP contribution in [0.1, 0.15) is 10.4 Å². The summed E-state index contributed by atoms with van der Waals surface area (Å²) in [5.74, 6) is -1.24. The second-order valence-corrected chi connectivity index (χ2v) is 11.0. The topological polar surface area (TPSA) is 115 Å². The molecule has 0 aliphatic rings. The molecule has 0 unspecified atom stereocenters. The Labute approximate surface area is 142 Å². The zero-order valence-corrected chi connectivity index (χ0v) is 14.5. The second-order valence-electron chi connectivity index (χ2n) is 4.68. The van der Waals surface area contributed by atoms with E-state index >= 15 is 0 Å². The van der Waals surface area contributed by atoms with Crippen molar-refractivity contribution in [2.45, 2.75) is 4.90 Å². The first-order valence-corrected chi connectivity index (χ1v) is 10.5. The second kappa shape index (κ2) is 6.42. The Morgan fingerprint density at radius 2 is 1.62 bits per heavy atom. The first-order valence-electron chi connectivity index (χ1n) is 6.28. The van der Waals surface area contributed by atoms with Gasteiger partial charge >= 0.3 is 5.97 Å². The fourth-order valence-corrected chi connectivity index (χ4v) is 4.28. The maximum atomic E-state index is 12.2. The number of hydrogen-bond donors (Lipinski definition) is 1. The summed E-state index contributed by atoms with van der Waals surface area (Å²) in [6.07, 6.45) is 0.564. The van der Waals surface area contributed by atoms with Crippen molar-refractivity contribution in [3.63, 3.8) is 0 Å². The Hall–Kier alpha value is -2.10. The van der Waals surface area contributed by atoms with Crippen LogP contribution in [-0.2, 0) is 17.7 Å². The summed E-state index contributed by atoms with van der Waals surface area (Å²) in [5, 5.41) is 8.85. The normalized spacial score (nSPS) is 11.9. The fourth-order valence-electron chi connectivity index (χ4n) is 1.72. The van der Waals surface area contributed by atoms with Gasteiger partial charge in [-0.05, 0) is 42.5 Å². The maximum absolute atomic E-state index is 12.2. The van der Waals surface area contributed by atoms with Gasteiger partial charge in [-0.1, -0.05) is 11.6 Å². The summed E-state index contributed by atoms with van der Waals surface area (Å²) < 4.78 is 52.8. The Bertz CT molecular complexity index is 994. The van der Waals surface area contributed by atoms with Gasteiger partial charge in [-0.15, -0.1) is 0 Å². The van der Waals surface area contributed by atoms with Crippen molar-refractivity contribution >= 4 is 35.3 Å². The molecule has 0 aliphatic carbocycles. The molecule has 0 bridgehead atoms. The Balaban J connectivity index is 2.51. The molecule has 2 aromatic rings. The maximum Gasteiger partial charge on any atom is 0.335 e. The standard InChI is InChI=1S/C14H11ClO7S2/c1-23(18,19)24(20,21)13-8-10(15)4-7-12(13)22-11-5-2-9(3-6-11)14(16)17/h2-8H,1H3,(H,16,17). The van der Waals surface area contributed by atoms with Gasteiger partial charge in [0, 0.05) is 5.02 Å². The van der Waals surface area contributed by atoms with E-state index in [9.17, 15) is 21.6 Å². The van der Waals surface area contributed by atoms with Crippen molar-refractivity contribution in [3.8, 4) is 11.5 Å². The summed E-state index contributed by atoms with van der Waals surface area (Å²) in [6, 6.07) is 8.68. The minimum Gasteiger partial charge on any atom is -0.478 e. The van der Waals surface area contributed by atoms with Gasteiger partial charge in [0.25, 0.3) is 17.7 Å². The van der Waals surface area contributed by atoms with Crippen molar-refractivity contribution in [1.29, 1.82) is 0 Å². The largest absolute Gasteiger partial charge is 0.478 e. The summed E-state index contributed by atoms with van der Waals surface area (Å²) in [6.45, 7) is 0. The van der Waals surface area contributed by atoms with E-state index < -0.39 is 28.6 Å². The number of aromatic carboxylic acids is 1. The third-order valence-corrected chi connectivity index (χ3v) is 7.72. The van der Waals surface area contributed by atoms with Crippen LogP contribution in [0.25, 0.3) is 0 Å². The van der Waals surface area contributed by atoms with Crippen LogP contribution in [-0.4, -0.2) is 34.2 Å². The number of carboxylic acids is 1. The van der Waals surface area contributed by atoms with Gasteiger partial charge in [0.15, 0.2) is 0 Å².